The van der Waals surface area contributed by atoms with E-state index >= 15 is 0 Å². The van der Waals surface area contributed by atoms with E-state index in [1.54, 1.807) is 24.3 Å². The molecule has 1 N–H and O–H groups in total. The molecule has 0 saturated heterocycles. The molecule has 5 nitrogen and oxygen atoms in total. The fourth-order valence-corrected chi connectivity index (χ4v) is 3.80. The van der Waals surface area contributed by atoms with E-state index in [1.165, 1.54) is 12.1 Å². The summed E-state index contributed by atoms with van der Waals surface area (Å²) in [4.78, 5) is 7.75. The first-order valence-electron chi connectivity index (χ1n) is 10.7. The van der Waals surface area contributed by atoms with Crippen molar-refractivity contribution in [3.8, 4) is 0 Å². The number of hydrogen-bond donors (Lipinski definition) is 1. The molecule has 0 fully saturated rings. The smallest absolute Gasteiger partial charge is 0.145 e. The van der Waals surface area contributed by atoms with E-state index in [1.807, 2.05) is 6.07 Å². The normalized spacial score (nSPS) is 17.0. The molecule has 2 aromatic rings. The van der Waals surface area contributed by atoms with Crippen LogP contribution in [0.4, 0.5) is 4.39 Å². The monoisotopic (exact) mass is 482 g/mol. The van der Waals surface area contributed by atoms with Crippen LogP contribution in [0.25, 0.3) is 0 Å². The maximum atomic E-state index is 13.3. The van der Waals surface area contributed by atoms with Crippen molar-refractivity contribution in [3.05, 3.63) is 69.5 Å². The predicted octanol–water partition coefficient (Wildman–Crippen LogP) is 5.16. The Balaban J connectivity index is 1.61. The molecule has 0 amide bonds. The highest BCUT2D eigenvalue weighted by Gasteiger charge is 2.26. The Bertz CT molecular complexity index is 909. The fourth-order valence-electron chi connectivity index (χ4n) is 3.50. The first kappa shape index (κ1) is 24.9. The number of ether oxygens (including phenoxy) is 1. The minimum Gasteiger partial charge on any atom is -0.390 e. The van der Waals surface area contributed by atoms with Gasteiger partial charge in [-0.2, -0.15) is 0 Å². The molecule has 0 aliphatic carbocycles. The van der Waals surface area contributed by atoms with Gasteiger partial charge in [0.05, 0.1) is 28.5 Å². The third-order valence-electron chi connectivity index (χ3n) is 5.00. The third-order valence-corrected chi connectivity index (χ3v) is 5.74. The van der Waals surface area contributed by atoms with E-state index in [4.69, 9.17) is 32.8 Å². The second-order valence-electron chi connectivity index (χ2n) is 8.50. The van der Waals surface area contributed by atoms with Crippen molar-refractivity contribution in [3.63, 3.8) is 0 Å². The van der Waals surface area contributed by atoms with Crippen LogP contribution in [0.5, 0.6) is 0 Å². The molecule has 1 aliphatic heterocycles. The second-order valence-corrected chi connectivity index (χ2v) is 9.32. The van der Waals surface area contributed by atoms with E-state index in [9.17, 15) is 9.50 Å². The first-order valence-corrected chi connectivity index (χ1v) is 11.5. The molecule has 1 heterocycles. The van der Waals surface area contributed by atoms with Gasteiger partial charge in [0.1, 0.15) is 11.9 Å². The lowest BCUT2D eigenvalue weighted by Gasteiger charge is -2.27. The summed E-state index contributed by atoms with van der Waals surface area (Å²) in [7, 11) is 0. The van der Waals surface area contributed by atoms with Crippen molar-refractivity contribution in [2.24, 2.45) is 11.1 Å². The molecule has 2 aromatic carbocycles. The van der Waals surface area contributed by atoms with Gasteiger partial charge in [-0.05, 0) is 35.7 Å². The van der Waals surface area contributed by atoms with Crippen molar-refractivity contribution in [1.29, 1.82) is 0 Å². The molecule has 0 radical (unpaired) electrons. The lowest BCUT2D eigenvalue weighted by molar-refractivity contribution is -0.00734. The summed E-state index contributed by atoms with van der Waals surface area (Å²) in [6, 6.07) is 11.8. The Labute approximate surface area is 198 Å². The van der Waals surface area contributed by atoms with Crippen LogP contribution < -0.4 is 0 Å². The summed E-state index contributed by atoms with van der Waals surface area (Å²) < 4.78 is 18.9. The average Bonchev–Trinajstić information content (AvgIpc) is 3.20. The fraction of sp³-hybridized carbons (Fsp3) is 0.458. The molecule has 0 aromatic heterocycles. The molecular formula is C24H29Cl2FN2O3. The zero-order valence-corrected chi connectivity index (χ0v) is 19.8. The van der Waals surface area contributed by atoms with Crippen LogP contribution in [0.2, 0.25) is 10.0 Å². The summed E-state index contributed by atoms with van der Waals surface area (Å²) >= 11 is 12.1. The molecule has 32 heavy (non-hydrogen) atoms. The van der Waals surface area contributed by atoms with Gasteiger partial charge in [-0.15, -0.1) is 0 Å². The lowest BCUT2D eigenvalue weighted by atomic mass is 10.0. The van der Waals surface area contributed by atoms with Crippen molar-refractivity contribution in [2.75, 3.05) is 26.3 Å². The Morgan fingerprint density at radius 2 is 1.91 bits per heavy atom. The quantitative estimate of drug-likeness (QED) is 0.480. The van der Waals surface area contributed by atoms with Crippen LogP contribution in [0.15, 0.2) is 47.6 Å². The van der Waals surface area contributed by atoms with Crippen molar-refractivity contribution >= 4 is 28.9 Å². The number of rotatable bonds is 11. The van der Waals surface area contributed by atoms with E-state index in [0.717, 1.165) is 16.8 Å². The zero-order chi connectivity index (χ0) is 23.1. The predicted molar refractivity (Wildman–Crippen MR) is 126 cm³/mol. The number of aliphatic hydroxyl groups excluding tert-OH is 1. The van der Waals surface area contributed by atoms with Crippen molar-refractivity contribution in [1.82, 2.24) is 4.90 Å². The minimum absolute atomic E-state index is 0.177. The molecule has 1 aliphatic rings. The van der Waals surface area contributed by atoms with Crippen molar-refractivity contribution < 1.29 is 19.1 Å². The minimum atomic E-state index is -0.647. The van der Waals surface area contributed by atoms with E-state index < -0.39 is 6.10 Å². The zero-order valence-electron chi connectivity index (χ0n) is 18.3. The highest BCUT2D eigenvalue weighted by molar-refractivity contribution is 6.42. The highest BCUT2D eigenvalue weighted by Crippen LogP contribution is 2.26. The Morgan fingerprint density at radius 1 is 1.16 bits per heavy atom. The number of oxime groups is 1. The maximum absolute atomic E-state index is 13.3. The van der Waals surface area contributed by atoms with Crippen LogP contribution in [0.3, 0.4) is 0 Å². The Kier molecular flexibility index (Phi) is 9.32. The van der Waals surface area contributed by atoms with Crippen LogP contribution in [-0.4, -0.2) is 54.2 Å². The number of benzene rings is 2. The average molecular weight is 483 g/mol. The van der Waals surface area contributed by atoms with Gasteiger partial charge in [0.2, 0.25) is 0 Å². The highest BCUT2D eigenvalue weighted by atomic mass is 35.5. The van der Waals surface area contributed by atoms with Crippen LogP contribution in [0.1, 0.15) is 31.4 Å². The van der Waals surface area contributed by atoms with E-state index in [2.05, 4.69) is 23.9 Å². The third kappa shape index (κ3) is 7.71. The molecule has 0 saturated carbocycles. The van der Waals surface area contributed by atoms with Gasteiger partial charge in [-0.3, -0.25) is 4.90 Å². The topological polar surface area (TPSA) is 54.3 Å². The van der Waals surface area contributed by atoms with Gasteiger partial charge in [0, 0.05) is 38.2 Å². The van der Waals surface area contributed by atoms with Crippen LogP contribution >= 0.6 is 23.2 Å². The van der Waals surface area contributed by atoms with E-state index in [-0.39, 0.29) is 18.5 Å². The van der Waals surface area contributed by atoms with Gasteiger partial charge in [0.15, 0.2) is 0 Å². The largest absolute Gasteiger partial charge is 0.390 e. The van der Waals surface area contributed by atoms with Crippen LogP contribution in [-0.2, 0) is 16.1 Å². The van der Waals surface area contributed by atoms with E-state index in [0.29, 0.717) is 48.6 Å². The van der Waals surface area contributed by atoms with Gasteiger partial charge < -0.3 is 14.7 Å². The molecule has 3 rings (SSSR count). The molecule has 2 unspecified atom stereocenters. The summed E-state index contributed by atoms with van der Waals surface area (Å²) in [5.74, 6) is 0.127. The van der Waals surface area contributed by atoms with Gasteiger partial charge in [-0.1, -0.05) is 60.4 Å². The molecule has 0 bridgehead atoms. The number of halogens is 3. The second kappa shape index (κ2) is 12.0. The van der Waals surface area contributed by atoms with Crippen molar-refractivity contribution in [2.45, 2.75) is 39.0 Å². The summed E-state index contributed by atoms with van der Waals surface area (Å²) in [6.07, 6.45) is -0.215. The molecular weight excluding hydrogens is 454 g/mol. The molecule has 8 heteroatoms. The lowest BCUT2D eigenvalue weighted by Crippen LogP contribution is -2.39. The molecule has 174 valence electrons. The SMILES string of the molecule is CC(C)COCC(O)CN(Cc1ccc(F)cc1)CC1CC(c2ccc(Cl)c(Cl)c2)=NO1. The molecule has 0 spiro atoms. The number of aliphatic hydroxyl groups is 1. The standard InChI is InChI=1S/C24H29Cl2FN2O3/c1-16(2)14-31-15-20(30)12-29(11-17-3-6-19(27)7-4-17)13-21-10-24(28-32-21)18-5-8-22(25)23(26)9-18/h3-9,16,20-21,30H,10-15H2,1-2H3. The van der Waals surface area contributed by atoms with Gasteiger partial charge in [0.25, 0.3) is 0 Å². The summed E-state index contributed by atoms with van der Waals surface area (Å²) in [6.45, 7) is 6.48. The maximum Gasteiger partial charge on any atom is 0.145 e. The number of hydrogen-bond acceptors (Lipinski definition) is 5. The summed E-state index contributed by atoms with van der Waals surface area (Å²) in [5, 5.41) is 15.7. The van der Waals surface area contributed by atoms with Gasteiger partial charge >= 0.3 is 0 Å². The Hall–Kier alpha value is -1.70. The number of nitrogens with zero attached hydrogens (tertiary/aromatic N) is 2. The van der Waals surface area contributed by atoms with Gasteiger partial charge in [-0.25, -0.2) is 4.39 Å². The first-order chi connectivity index (χ1) is 15.3. The van der Waals surface area contributed by atoms with Crippen LogP contribution in [0, 0.1) is 11.7 Å². The summed E-state index contributed by atoms with van der Waals surface area (Å²) in [5.41, 5.74) is 2.62. The Morgan fingerprint density at radius 3 is 2.59 bits per heavy atom. The molecule has 2 atom stereocenters.